The smallest absolute Gasteiger partial charge is 0.149 e. The minimum atomic E-state index is 0.622. The van der Waals surface area contributed by atoms with Crippen molar-refractivity contribution in [3.05, 3.63) is 30.7 Å². The van der Waals surface area contributed by atoms with Gasteiger partial charge in [0.1, 0.15) is 10.5 Å². The third-order valence-corrected chi connectivity index (χ3v) is 5.74. The topological polar surface area (TPSA) is 28.7 Å². The molecule has 2 heterocycles. The van der Waals surface area contributed by atoms with E-state index >= 15 is 0 Å². The first kappa shape index (κ1) is 12.0. The number of nitrogens with zero attached hydrogens (tertiary/aromatic N) is 1. The predicted octanol–water partition coefficient (Wildman–Crippen LogP) is 5.27. The number of rotatable bonds is 2. The first-order chi connectivity index (χ1) is 8.15. The zero-order chi connectivity index (χ0) is 12.0. The summed E-state index contributed by atoms with van der Waals surface area (Å²) in [6, 6.07) is 2.06. The molecule has 88 valence electrons. The molecule has 1 saturated carbocycles. The predicted molar refractivity (Wildman–Crippen MR) is 80.1 cm³/mol. The van der Waals surface area contributed by atoms with E-state index in [4.69, 9.17) is 12.2 Å². The van der Waals surface area contributed by atoms with Crippen molar-refractivity contribution in [2.75, 3.05) is 0 Å². The number of aromatic nitrogens is 2. The van der Waals surface area contributed by atoms with Gasteiger partial charge in [0.25, 0.3) is 0 Å². The van der Waals surface area contributed by atoms with Crippen LogP contribution in [0.3, 0.4) is 0 Å². The van der Waals surface area contributed by atoms with Crippen LogP contribution in [0.15, 0.2) is 20.4 Å². The minimum absolute atomic E-state index is 0.622. The Morgan fingerprint density at radius 1 is 1.41 bits per heavy atom. The molecule has 3 rings (SSSR count). The van der Waals surface area contributed by atoms with Gasteiger partial charge in [-0.2, -0.15) is 0 Å². The normalized spacial score (nSPS) is 15.2. The first-order valence-electron chi connectivity index (χ1n) is 5.19. The highest BCUT2D eigenvalue weighted by Crippen LogP contribution is 2.43. The summed E-state index contributed by atoms with van der Waals surface area (Å²) in [7, 11) is 0. The lowest BCUT2D eigenvalue weighted by molar-refractivity contribution is 0.975. The Labute approximate surface area is 125 Å². The number of hydrogen-bond donors (Lipinski definition) is 1. The second kappa shape index (κ2) is 4.57. The van der Waals surface area contributed by atoms with Crippen molar-refractivity contribution in [1.82, 2.24) is 9.97 Å². The molecule has 1 aliphatic rings. The lowest BCUT2D eigenvalue weighted by atomic mass is 10.3. The molecule has 0 unspecified atom stereocenters. The van der Waals surface area contributed by atoms with Gasteiger partial charge in [-0.05, 0) is 50.8 Å². The summed E-state index contributed by atoms with van der Waals surface area (Å²) in [6.45, 7) is 0. The Balaban J connectivity index is 2.14. The van der Waals surface area contributed by atoms with Crippen LogP contribution in [0.25, 0.3) is 10.7 Å². The van der Waals surface area contributed by atoms with E-state index in [1.54, 1.807) is 11.3 Å². The van der Waals surface area contributed by atoms with E-state index in [0.29, 0.717) is 10.6 Å². The SMILES string of the molecule is S=c1nc(-c2cc(Br)cs2)[nH]c(C2CC2)c1Br. The van der Waals surface area contributed by atoms with Gasteiger partial charge in [0, 0.05) is 21.5 Å². The van der Waals surface area contributed by atoms with Crippen LogP contribution in [0.5, 0.6) is 0 Å². The van der Waals surface area contributed by atoms with Gasteiger partial charge in [0.05, 0.1) is 9.35 Å². The van der Waals surface area contributed by atoms with Gasteiger partial charge < -0.3 is 4.98 Å². The summed E-state index contributed by atoms with van der Waals surface area (Å²) in [5.41, 5.74) is 1.20. The molecule has 1 aliphatic carbocycles. The van der Waals surface area contributed by atoms with Gasteiger partial charge in [-0.15, -0.1) is 11.3 Å². The molecule has 0 saturated heterocycles. The highest BCUT2D eigenvalue weighted by molar-refractivity contribution is 9.10. The molecule has 17 heavy (non-hydrogen) atoms. The van der Waals surface area contributed by atoms with Gasteiger partial charge in [0.15, 0.2) is 0 Å². The molecule has 0 bridgehead atoms. The van der Waals surface area contributed by atoms with Gasteiger partial charge >= 0.3 is 0 Å². The highest BCUT2D eigenvalue weighted by Gasteiger charge is 2.27. The summed E-state index contributed by atoms with van der Waals surface area (Å²) in [6.07, 6.45) is 2.48. The first-order valence-corrected chi connectivity index (χ1v) is 8.06. The third kappa shape index (κ3) is 2.41. The van der Waals surface area contributed by atoms with Crippen molar-refractivity contribution in [1.29, 1.82) is 0 Å². The summed E-state index contributed by atoms with van der Waals surface area (Å²) >= 11 is 13.9. The summed E-state index contributed by atoms with van der Waals surface area (Å²) in [5.74, 6) is 1.49. The fraction of sp³-hybridized carbons (Fsp3) is 0.273. The minimum Gasteiger partial charge on any atom is -0.341 e. The van der Waals surface area contributed by atoms with Gasteiger partial charge in [-0.25, -0.2) is 4.98 Å². The van der Waals surface area contributed by atoms with Crippen molar-refractivity contribution in [2.45, 2.75) is 18.8 Å². The van der Waals surface area contributed by atoms with E-state index in [0.717, 1.165) is 19.6 Å². The van der Waals surface area contributed by atoms with E-state index in [-0.39, 0.29) is 0 Å². The molecule has 1 N–H and O–H groups in total. The molecule has 2 aromatic heterocycles. The highest BCUT2D eigenvalue weighted by atomic mass is 79.9. The van der Waals surface area contributed by atoms with Crippen molar-refractivity contribution in [3.63, 3.8) is 0 Å². The third-order valence-electron chi connectivity index (χ3n) is 2.68. The van der Waals surface area contributed by atoms with Crippen LogP contribution >= 0.6 is 55.4 Å². The van der Waals surface area contributed by atoms with Crippen molar-refractivity contribution in [2.24, 2.45) is 0 Å². The number of hydrogen-bond acceptors (Lipinski definition) is 3. The fourth-order valence-electron chi connectivity index (χ4n) is 1.68. The number of thiophene rings is 1. The van der Waals surface area contributed by atoms with E-state index in [2.05, 4.69) is 47.9 Å². The number of halogens is 2. The van der Waals surface area contributed by atoms with E-state index < -0.39 is 0 Å². The summed E-state index contributed by atoms with van der Waals surface area (Å²) in [5, 5.41) is 2.05. The van der Waals surface area contributed by atoms with Gasteiger partial charge in [-0.1, -0.05) is 12.2 Å². The monoisotopic (exact) mass is 390 g/mol. The number of nitrogens with one attached hydrogen (secondary N) is 1. The largest absolute Gasteiger partial charge is 0.341 e. The van der Waals surface area contributed by atoms with Gasteiger partial charge in [-0.3, -0.25) is 0 Å². The Hall–Kier alpha value is -0.0400. The Bertz CT molecular complexity index is 629. The zero-order valence-corrected chi connectivity index (χ0v) is 13.5. The van der Waals surface area contributed by atoms with Gasteiger partial charge in [0.2, 0.25) is 0 Å². The molecule has 0 atom stereocenters. The lowest BCUT2D eigenvalue weighted by Crippen LogP contribution is -1.96. The van der Waals surface area contributed by atoms with Crippen LogP contribution in [0.4, 0.5) is 0 Å². The molecule has 0 amide bonds. The van der Waals surface area contributed by atoms with Crippen LogP contribution in [0.2, 0.25) is 0 Å². The average molecular weight is 392 g/mol. The zero-order valence-electron chi connectivity index (χ0n) is 8.67. The van der Waals surface area contributed by atoms with Crippen molar-refractivity contribution >= 4 is 55.4 Å². The molecule has 2 aromatic rings. The molecule has 1 fully saturated rings. The number of aromatic amines is 1. The number of H-pyrrole nitrogens is 1. The van der Waals surface area contributed by atoms with E-state index in [1.807, 2.05) is 5.38 Å². The van der Waals surface area contributed by atoms with Crippen molar-refractivity contribution < 1.29 is 0 Å². The van der Waals surface area contributed by atoms with Crippen molar-refractivity contribution in [3.8, 4) is 10.7 Å². The lowest BCUT2D eigenvalue weighted by Gasteiger charge is -2.06. The molecule has 0 radical (unpaired) electrons. The van der Waals surface area contributed by atoms with Crippen LogP contribution < -0.4 is 0 Å². The molecule has 6 heteroatoms. The maximum absolute atomic E-state index is 5.30. The van der Waals surface area contributed by atoms with Crippen LogP contribution in [0.1, 0.15) is 24.5 Å². The molecular formula is C11H8Br2N2S2. The van der Waals surface area contributed by atoms with Crippen LogP contribution in [0, 0.1) is 4.64 Å². The Morgan fingerprint density at radius 3 is 2.76 bits per heavy atom. The fourth-order valence-corrected chi connectivity index (χ4v) is 3.77. The second-order valence-electron chi connectivity index (χ2n) is 4.02. The molecular weight excluding hydrogens is 384 g/mol. The summed E-state index contributed by atoms with van der Waals surface area (Å²) < 4.78 is 2.68. The maximum atomic E-state index is 5.30. The molecule has 0 spiro atoms. The maximum Gasteiger partial charge on any atom is 0.149 e. The average Bonchev–Trinajstić information content (AvgIpc) is 3.05. The van der Waals surface area contributed by atoms with E-state index in [1.165, 1.54) is 18.5 Å². The summed E-state index contributed by atoms with van der Waals surface area (Å²) in [4.78, 5) is 8.95. The Kier molecular flexibility index (Phi) is 3.23. The Morgan fingerprint density at radius 2 is 2.18 bits per heavy atom. The quantitative estimate of drug-likeness (QED) is 0.706. The standard InChI is InChI=1S/C11H8Br2N2S2/c12-6-3-7(17-4-6)10-14-9(5-1-2-5)8(13)11(16)15-10/h3-5H,1-2H2,(H,14,15,16). The molecule has 0 aromatic carbocycles. The van der Waals surface area contributed by atoms with Crippen LogP contribution in [-0.4, -0.2) is 9.97 Å². The second-order valence-corrected chi connectivity index (χ2v) is 7.03. The van der Waals surface area contributed by atoms with E-state index in [9.17, 15) is 0 Å². The molecule has 2 nitrogen and oxygen atoms in total. The van der Waals surface area contributed by atoms with Crippen LogP contribution in [-0.2, 0) is 0 Å². The molecule has 0 aliphatic heterocycles.